The van der Waals surface area contributed by atoms with Gasteiger partial charge in [-0.25, -0.2) is 4.98 Å². The molecule has 1 aromatic heterocycles. The average molecular weight is 433 g/mol. The van der Waals surface area contributed by atoms with Crippen molar-refractivity contribution < 1.29 is 9.59 Å². The molecule has 2 fully saturated rings. The molecule has 1 saturated heterocycles. The molecule has 0 radical (unpaired) electrons. The molecule has 1 saturated carbocycles. The van der Waals surface area contributed by atoms with Gasteiger partial charge in [-0.05, 0) is 23.8 Å². The van der Waals surface area contributed by atoms with E-state index in [4.69, 9.17) is 0 Å². The molecule has 2 aromatic rings. The Hall–Kier alpha value is -3.42. The normalized spacial score (nSPS) is 26.2. The van der Waals surface area contributed by atoms with Crippen LogP contribution in [0.1, 0.15) is 17.8 Å². The van der Waals surface area contributed by atoms with Crippen molar-refractivity contribution in [3.8, 4) is 0 Å². The van der Waals surface area contributed by atoms with Gasteiger partial charge in [0.2, 0.25) is 11.8 Å². The van der Waals surface area contributed by atoms with Crippen molar-refractivity contribution in [1.29, 1.82) is 0 Å². The number of nitrogens with one attached hydrogen (secondary N) is 2. The number of carbonyl (C=O) groups is 2. The first kappa shape index (κ1) is 20.5. The molecule has 32 heavy (non-hydrogen) atoms. The second-order valence-corrected chi connectivity index (χ2v) is 8.64. The number of likely N-dealkylation sites (tertiary alicyclic amines) is 1. The van der Waals surface area contributed by atoms with Crippen LogP contribution in [0, 0.1) is 23.7 Å². The van der Waals surface area contributed by atoms with E-state index in [0.717, 1.165) is 18.8 Å². The zero-order valence-electron chi connectivity index (χ0n) is 18.1. The van der Waals surface area contributed by atoms with Crippen LogP contribution < -0.4 is 10.6 Å². The van der Waals surface area contributed by atoms with Crippen molar-refractivity contribution in [2.75, 3.05) is 20.1 Å². The molecule has 1 aromatic carbocycles. The Morgan fingerprint density at radius 1 is 1.09 bits per heavy atom. The highest BCUT2D eigenvalue weighted by molar-refractivity contribution is 6.06. The van der Waals surface area contributed by atoms with Crippen molar-refractivity contribution in [3.63, 3.8) is 0 Å². The van der Waals surface area contributed by atoms with Crippen molar-refractivity contribution in [3.05, 3.63) is 66.3 Å². The molecule has 2 aliphatic carbocycles. The summed E-state index contributed by atoms with van der Waals surface area (Å²) in [7, 11) is 1.70. The molecule has 2 heterocycles. The zero-order valence-corrected chi connectivity index (χ0v) is 18.1. The lowest BCUT2D eigenvalue weighted by Crippen LogP contribution is -2.43. The summed E-state index contributed by atoms with van der Waals surface area (Å²) in [5.41, 5.74) is 1.21. The number of nitrogens with zero attached hydrogens (tertiary/aromatic N) is 4. The Morgan fingerprint density at radius 3 is 2.50 bits per heavy atom. The molecule has 1 aliphatic heterocycles. The molecule has 2 amide bonds. The van der Waals surface area contributed by atoms with Gasteiger partial charge in [-0.15, -0.1) is 0 Å². The monoisotopic (exact) mass is 432 g/mol. The van der Waals surface area contributed by atoms with E-state index >= 15 is 0 Å². The van der Waals surface area contributed by atoms with Gasteiger partial charge in [0.15, 0.2) is 5.96 Å². The van der Waals surface area contributed by atoms with Crippen LogP contribution in [0.2, 0.25) is 0 Å². The Bertz CT molecular complexity index is 1030. The summed E-state index contributed by atoms with van der Waals surface area (Å²) < 4.78 is 2.10. The maximum absolute atomic E-state index is 12.8. The minimum atomic E-state index is -0.140. The second kappa shape index (κ2) is 8.61. The minimum absolute atomic E-state index is 0.00969. The number of rotatable bonds is 7. The number of hydrogen-bond acceptors (Lipinski definition) is 4. The Balaban J connectivity index is 1.12. The Labute approximate surface area is 187 Å². The Kier molecular flexibility index (Phi) is 5.51. The van der Waals surface area contributed by atoms with Crippen molar-refractivity contribution in [2.24, 2.45) is 28.7 Å². The van der Waals surface area contributed by atoms with E-state index in [0.29, 0.717) is 25.6 Å². The quantitative estimate of drug-likeness (QED) is 0.299. The van der Waals surface area contributed by atoms with E-state index in [-0.39, 0.29) is 35.5 Å². The summed E-state index contributed by atoms with van der Waals surface area (Å²) in [6.07, 6.45) is 8.94. The molecule has 166 valence electrons. The van der Waals surface area contributed by atoms with Crippen molar-refractivity contribution in [2.45, 2.75) is 19.5 Å². The fourth-order valence-corrected chi connectivity index (χ4v) is 5.29. The maximum Gasteiger partial charge on any atom is 0.233 e. The lowest BCUT2D eigenvalue weighted by Gasteiger charge is -2.18. The first-order valence-electron chi connectivity index (χ1n) is 11.2. The smallest absolute Gasteiger partial charge is 0.233 e. The second-order valence-electron chi connectivity index (χ2n) is 8.64. The molecule has 4 unspecified atom stereocenters. The molecular formula is C24H28N6O2. The number of fused-ring (bicyclic) bond motifs is 5. The van der Waals surface area contributed by atoms with E-state index in [2.05, 4.69) is 49.5 Å². The van der Waals surface area contributed by atoms with Crippen LogP contribution in [-0.4, -0.2) is 52.4 Å². The van der Waals surface area contributed by atoms with Gasteiger partial charge >= 0.3 is 0 Å². The summed E-state index contributed by atoms with van der Waals surface area (Å²) in [5, 5.41) is 6.48. The van der Waals surface area contributed by atoms with Crippen LogP contribution in [0.3, 0.4) is 0 Å². The summed E-state index contributed by atoms with van der Waals surface area (Å²) in [5.74, 6) is 1.70. The number of aromatic nitrogens is 2. The summed E-state index contributed by atoms with van der Waals surface area (Å²) in [6.45, 7) is 2.08. The van der Waals surface area contributed by atoms with E-state index in [1.165, 1.54) is 10.5 Å². The lowest BCUT2D eigenvalue weighted by molar-refractivity contribution is -0.140. The number of imide groups is 1. The van der Waals surface area contributed by atoms with Crippen LogP contribution in [0.15, 0.2) is 59.9 Å². The number of amides is 2. The summed E-state index contributed by atoms with van der Waals surface area (Å²) >= 11 is 0. The highest BCUT2D eigenvalue weighted by atomic mass is 16.2. The van der Waals surface area contributed by atoms with E-state index in [9.17, 15) is 9.59 Å². The first-order chi connectivity index (χ1) is 15.7. The van der Waals surface area contributed by atoms with E-state index in [1.54, 1.807) is 13.2 Å². The average Bonchev–Trinajstić information content (AvgIpc) is 3.58. The molecule has 4 atom stereocenters. The topological polar surface area (TPSA) is 91.6 Å². The predicted octanol–water partition coefficient (Wildman–Crippen LogP) is 1.40. The zero-order chi connectivity index (χ0) is 22.1. The molecule has 5 rings (SSSR count). The van der Waals surface area contributed by atoms with Gasteiger partial charge in [-0.3, -0.25) is 19.5 Å². The minimum Gasteiger partial charge on any atom is -0.355 e. The van der Waals surface area contributed by atoms with Gasteiger partial charge in [0.1, 0.15) is 5.82 Å². The van der Waals surface area contributed by atoms with E-state index < -0.39 is 0 Å². The molecular weight excluding hydrogens is 404 g/mol. The third-order valence-corrected chi connectivity index (χ3v) is 6.82. The number of carbonyl (C=O) groups excluding carboxylic acids is 2. The standard InChI is InChI=1S/C24H28N6O2/c1-25-24(28-14-19-26-9-11-29(19)15-16-5-3-2-4-6-16)27-10-12-30-22(31)20-17-7-8-18(13-17)21(20)23(30)32/h2-9,11,17-18,20-21H,10,12-15H2,1H3,(H2,25,27,28). The number of hydrogen-bond donors (Lipinski definition) is 2. The van der Waals surface area contributed by atoms with Gasteiger partial charge in [0.25, 0.3) is 0 Å². The highest BCUT2D eigenvalue weighted by Crippen LogP contribution is 2.52. The number of allylic oxidation sites excluding steroid dienone is 2. The predicted molar refractivity (Wildman–Crippen MR) is 120 cm³/mol. The number of imidazole rings is 1. The molecule has 8 heteroatoms. The lowest BCUT2D eigenvalue weighted by atomic mass is 9.85. The van der Waals surface area contributed by atoms with Crippen LogP contribution in [0.5, 0.6) is 0 Å². The van der Waals surface area contributed by atoms with Gasteiger partial charge in [0, 0.05) is 39.1 Å². The van der Waals surface area contributed by atoms with Gasteiger partial charge in [-0.1, -0.05) is 42.5 Å². The molecule has 2 N–H and O–H groups in total. The fraction of sp³-hybridized carbons (Fsp3) is 0.417. The fourth-order valence-electron chi connectivity index (χ4n) is 5.29. The highest BCUT2D eigenvalue weighted by Gasteiger charge is 2.58. The third-order valence-electron chi connectivity index (χ3n) is 6.82. The number of guanidine groups is 1. The van der Waals surface area contributed by atoms with Gasteiger partial charge < -0.3 is 15.2 Å². The molecule has 8 nitrogen and oxygen atoms in total. The number of aliphatic imine (C=N–C) groups is 1. The third kappa shape index (κ3) is 3.70. The summed E-state index contributed by atoms with van der Waals surface area (Å²) in [6, 6.07) is 10.2. The summed E-state index contributed by atoms with van der Waals surface area (Å²) in [4.78, 5) is 35.7. The molecule has 0 spiro atoms. The molecule has 2 bridgehead atoms. The van der Waals surface area contributed by atoms with Crippen LogP contribution >= 0.6 is 0 Å². The van der Waals surface area contributed by atoms with Gasteiger partial charge in [0.05, 0.1) is 18.4 Å². The van der Waals surface area contributed by atoms with Crippen LogP contribution in [-0.2, 0) is 22.7 Å². The van der Waals surface area contributed by atoms with Crippen LogP contribution in [0.25, 0.3) is 0 Å². The van der Waals surface area contributed by atoms with E-state index in [1.807, 2.05) is 24.4 Å². The van der Waals surface area contributed by atoms with Gasteiger partial charge in [-0.2, -0.15) is 0 Å². The molecule has 3 aliphatic rings. The largest absolute Gasteiger partial charge is 0.355 e. The first-order valence-corrected chi connectivity index (χ1v) is 11.2. The Morgan fingerprint density at radius 2 is 1.81 bits per heavy atom. The number of benzene rings is 1. The van der Waals surface area contributed by atoms with Crippen LogP contribution in [0.4, 0.5) is 0 Å². The SMILES string of the molecule is CN=C(NCCN1C(=O)C2C3C=CC(C3)C2C1=O)NCc1nccn1Cc1ccccc1. The van der Waals surface area contributed by atoms with Crippen molar-refractivity contribution in [1.82, 2.24) is 25.1 Å². The van der Waals surface area contributed by atoms with Crippen molar-refractivity contribution >= 4 is 17.8 Å². The maximum atomic E-state index is 12.8.